The minimum atomic E-state index is -0.284. The number of allylic oxidation sites excluding steroid dienone is 1. The molecule has 1 fully saturated rings. The summed E-state index contributed by atoms with van der Waals surface area (Å²) in [6, 6.07) is 12.7. The first-order valence-electron chi connectivity index (χ1n) is 9.13. The summed E-state index contributed by atoms with van der Waals surface area (Å²) < 4.78 is 26.8. The van der Waals surface area contributed by atoms with Crippen LogP contribution in [0, 0.1) is 11.6 Å². The van der Waals surface area contributed by atoms with Gasteiger partial charge in [-0.1, -0.05) is 29.8 Å². The molecule has 0 N–H and O–H groups in total. The Hall–Kier alpha value is -2.53. The van der Waals surface area contributed by atoms with Gasteiger partial charge in [0.15, 0.2) is 0 Å². The van der Waals surface area contributed by atoms with E-state index < -0.39 is 0 Å². The summed E-state index contributed by atoms with van der Waals surface area (Å²) in [5.74, 6) is -0.530. The third-order valence-corrected chi connectivity index (χ3v) is 4.77. The summed E-state index contributed by atoms with van der Waals surface area (Å²) in [6.07, 6.45) is 1.66. The molecule has 27 heavy (non-hydrogen) atoms. The van der Waals surface area contributed by atoms with Gasteiger partial charge in [-0.2, -0.15) is 0 Å². The number of carbonyl (C=O) groups is 1. The molecule has 0 aliphatic carbocycles. The fourth-order valence-corrected chi connectivity index (χ4v) is 3.44. The number of nitrogens with zero attached hydrogens (tertiary/aromatic N) is 2. The van der Waals surface area contributed by atoms with E-state index >= 15 is 0 Å². The lowest BCUT2D eigenvalue weighted by Crippen LogP contribution is -2.49. The molecular weight excluding hydrogens is 346 g/mol. The van der Waals surface area contributed by atoms with Crippen molar-refractivity contribution in [2.24, 2.45) is 0 Å². The van der Waals surface area contributed by atoms with Gasteiger partial charge in [-0.05, 0) is 49.2 Å². The molecule has 0 aromatic heterocycles. The fraction of sp³-hybridized carbons (Fsp3) is 0.318. The van der Waals surface area contributed by atoms with Gasteiger partial charge in [0.25, 0.3) is 0 Å². The molecular formula is C22H24F2N2O. The van der Waals surface area contributed by atoms with Gasteiger partial charge < -0.3 is 4.90 Å². The van der Waals surface area contributed by atoms with E-state index in [0.717, 1.165) is 16.7 Å². The van der Waals surface area contributed by atoms with Crippen LogP contribution in [0.2, 0.25) is 0 Å². The first-order chi connectivity index (χ1) is 12.9. The largest absolute Gasteiger partial charge is 0.337 e. The fourth-order valence-electron chi connectivity index (χ4n) is 3.44. The SMILES string of the molecule is CC(C)=CC(=O)N1CCN(C(c2ccc(F)cc2)c2ccc(F)cc2)CC1. The molecule has 0 saturated carbocycles. The number of piperazine rings is 1. The summed E-state index contributed by atoms with van der Waals surface area (Å²) in [6.45, 7) is 6.47. The predicted octanol–water partition coefficient (Wildman–Crippen LogP) is 4.16. The average molecular weight is 370 g/mol. The zero-order chi connectivity index (χ0) is 19.4. The molecule has 1 saturated heterocycles. The number of amides is 1. The smallest absolute Gasteiger partial charge is 0.246 e. The van der Waals surface area contributed by atoms with Gasteiger partial charge in [-0.3, -0.25) is 9.69 Å². The highest BCUT2D eigenvalue weighted by Crippen LogP contribution is 2.30. The summed E-state index contributed by atoms with van der Waals surface area (Å²) in [5.41, 5.74) is 2.89. The van der Waals surface area contributed by atoms with Crippen LogP contribution in [0.25, 0.3) is 0 Å². The molecule has 3 nitrogen and oxygen atoms in total. The molecule has 0 atom stereocenters. The molecule has 142 valence electrons. The first kappa shape index (κ1) is 19.2. The van der Waals surface area contributed by atoms with Crippen molar-refractivity contribution in [2.45, 2.75) is 19.9 Å². The van der Waals surface area contributed by atoms with E-state index in [1.54, 1.807) is 30.3 Å². The Morgan fingerprint density at radius 2 is 1.30 bits per heavy atom. The van der Waals surface area contributed by atoms with E-state index in [9.17, 15) is 13.6 Å². The van der Waals surface area contributed by atoms with Crippen molar-refractivity contribution in [3.8, 4) is 0 Å². The van der Waals surface area contributed by atoms with Crippen molar-refractivity contribution in [1.82, 2.24) is 9.80 Å². The second-order valence-electron chi connectivity index (χ2n) is 7.09. The molecule has 0 radical (unpaired) electrons. The molecule has 0 bridgehead atoms. The van der Waals surface area contributed by atoms with Crippen LogP contribution < -0.4 is 0 Å². The second-order valence-corrected chi connectivity index (χ2v) is 7.09. The van der Waals surface area contributed by atoms with Crippen molar-refractivity contribution in [1.29, 1.82) is 0 Å². The van der Waals surface area contributed by atoms with E-state index in [2.05, 4.69) is 4.90 Å². The Kier molecular flexibility index (Phi) is 6.01. The van der Waals surface area contributed by atoms with Gasteiger partial charge in [0.2, 0.25) is 5.91 Å². The van der Waals surface area contributed by atoms with Crippen molar-refractivity contribution in [2.75, 3.05) is 26.2 Å². The summed E-state index contributed by atoms with van der Waals surface area (Å²) in [4.78, 5) is 16.3. The minimum Gasteiger partial charge on any atom is -0.337 e. The number of hydrogen-bond donors (Lipinski definition) is 0. The molecule has 1 aliphatic heterocycles. The molecule has 2 aromatic rings. The predicted molar refractivity (Wildman–Crippen MR) is 102 cm³/mol. The highest BCUT2D eigenvalue weighted by molar-refractivity contribution is 5.88. The van der Waals surface area contributed by atoms with E-state index in [0.29, 0.717) is 26.2 Å². The average Bonchev–Trinajstić information content (AvgIpc) is 2.65. The lowest BCUT2D eigenvalue weighted by molar-refractivity contribution is -0.128. The maximum atomic E-state index is 13.4. The molecule has 5 heteroatoms. The molecule has 0 unspecified atom stereocenters. The maximum absolute atomic E-state index is 13.4. The Balaban J connectivity index is 1.82. The van der Waals surface area contributed by atoms with Crippen molar-refractivity contribution in [3.05, 3.63) is 82.9 Å². The van der Waals surface area contributed by atoms with Crippen LogP contribution in [0.15, 0.2) is 60.2 Å². The maximum Gasteiger partial charge on any atom is 0.246 e. The lowest BCUT2D eigenvalue weighted by Gasteiger charge is -2.39. The van der Waals surface area contributed by atoms with Crippen LogP contribution in [-0.2, 0) is 4.79 Å². The van der Waals surface area contributed by atoms with Gasteiger partial charge in [-0.25, -0.2) is 8.78 Å². The quantitative estimate of drug-likeness (QED) is 0.755. The van der Waals surface area contributed by atoms with Crippen LogP contribution in [0.4, 0.5) is 8.78 Å². The number of halogens is 2. The summed E-state index contributed by atoms with van der Waals surface area (Å²) in [7, 11) is 0. The van der Waals surface area contributed by atoms with Crippen molar-refractivity contribution < 1.29 is 13.6 Å². The molecule has 3 rings (SSSR count). The summed E-state index contributed by atoms with van der Waals surface area (Å²) >= 11 is 0. The van der Waals surface area contributed by atoms with Crippen LogP contribution in [0.1, 0.15) is 31.0 Å². The highest BCUT2D eigenvalue weighted by atomic mass is 19.1. The van der Waals surface area contributed by atoms with Gasteiger partial charge in [0, 0.05) is 32.3 Å². The van der Waals surface area contributed by atoms with Gasteiger partial charge in [0.05, 0.1) is 6.04 Å². The monoisotopic (exact) mass is 370 g/mol. The Morgan fingerprint density at radius 1 is 0.852 bits per heavy atom. The Bertz CT molecular complexity index is 758. The van der Waals surface area contributed by atoms with Crippen LogP contribution in [0.5, 0.6) is 0 Å². The molecule has 0 spiro atoms. The number of hydrogen-bond acceptors (Lipinski definition) is 2. The third-order valence-electron chi connectivity index (χ3n) is 4.77. The van der Waals surface area contributed by atoms with Crippen molar-refractivity contribution >= 4 is 5.91 Å². The molecule has 1 heterocycles. The zero-order valence-electron chi connectivity index (χ0n) is 15.7. The number of carbonyl (C=O) groups excluding carboxylic acids is 1. The normalized spacial score (nSPS) is 15.1. The van der Waals surface area contributed by atoms with Gasteiger partial charge >= 0.3 is 0 Å². The molecule has 2 aromatic carbocycles. The Morgan fingerprint density at radius 3 is 1.70 bits per heavy atom. The van der Waals surface area contributed by atoms with Crippen LogP contribution >= 0.6 is 0 Å². The molecule has 1 aliphatic rings. The standard InChI is InChI=1S/C22H24F2N2O/c1-16(2)15-21(27)25-11-13-26(14-12-25)22(17-3-7-19(23)8-4-17)18-5-9-20(24)10-6-18/h3-10,15,22H,11-14H2,1-2H3. The zero-order valence-corrected chi connectivity index (χ0v) is 15.7. The van der Waals surface area contributed by atoms with E-state index in [1.165, 1.54) is 24.3 Å². The Labute approximate surface area is 158 Å². The van der Waals surface area contributed by atoms with Crippen LogP contribution in [-0.4, -0.2) is 41.9 Å². The van der Waals surface area contributed by atoms with E-state index in [-0.39, 0.29) is 23.6 Å². The minimum absolute atomic E-state index is 0.0368. The first-order valence-corrected chi connectivity index (χ1v) is 9.13. The molecule has 1 amide bonds. The van der Waals surface area contributed by atoms with E-state index in [1.807, 2.05) is 18.7 Å². The van der Waals surface area contributed by atoms with E-state index in [4.69, 9.17) is 0 Å². The van der Waals surface area contributed by atoms with Crippen molar-refractivity contribution in [3.63, 3.8) is 0 Å². The van der Waals surface area contributed by atoms with Gasteiger partial charge in [-0.15, -0.1) is 0 Å². The summed E-state index contributed by atoms with van der Waals surface area (Å²) in [5, 5.41) is 0. The topological polar surface area (TPSA) is 23.6 Å². The van der Waals surface area contributed by atoms with Gasteiger partial charge in [0.1, 0.15) is 11.6 Å². The lowest BCUT2D eigenvalue weighted by atomic mass is 9.96. The number of benzene rings is 2. The van der Waals surface area contributed by atoms with Crippen LogP contribution in [0.3, 0.4) is 0 Å². The third kappa shape index (κ3) is 4.80. The number of rotatable bonds is 4. The second kappa shape index (κ2) is 8.44. The highest BCUT2D eigenvalue weighted by Gasteiger charge is 2.27.